The maximum absolute atomic E-state index is 13.8. The van der Waals surface area contributed by atoms with Gasteiger partial charge in [-0.15, -0.1) is 0 Å². The van der Waals surface area contributed by atoms with Crippen LogP contribution in [-0.4, -0.2) is 76.0 Å². The molecule has 8 nitrogen and oxygen atoms in total. The molecular formula is C28H33F2N3O5. The maximum Gasteiger partial charge on any atom is 0.213 e. The number of halogens is 2. The third-order valence-electron chi connectivity index (χ3n) is 6.74. The highest BCUT2D eigenvalue weighted by molar-refractivity contribution is 5.78. The number of ether oxygens (including phenoxy) is 2. The highest BCUT2D eigenvalue weighted by Crippen LogP contribution is 2.28. The third kappa shape index (κ3) is 7.09. The second-order valence-corrected chi connectivity index (χ2v) is 9.41. The fourth-order valence-electron chi connectivity index (χ4n) is 4.74. The van der Waals surface area contributed by atoms with Gasteiger partial charge in [0.25, 0.3) is 0 Å². The van der Waals surface area contributed by atoms with Crippen LogP contribution >= 0.6 is 0 Å². The van der Waals surface area contributed by atoms with Crippen LogP contribution in [-0.2, 0) is 11.2 Å². The summed E-state index contributed by atoms with van der Waals surface area (Å²) in [5.74, 6) is -0.576. The molecule has 38 heavy (non-hydrogen) atoms. The zero-order valence-electron chi connectivity index (χ0n) is 21.1. The smallest absolute Gasteiger partial charge is 0.213 e. The van der Waals surface area contributed by atoms with E-state index in [-0.39, 0.29) is 18.0 Å². The molecular weight excluding hydrogens is 496 g/mol. The van der Waals surface area contributed by atoms with Gasteiger partial charge in [0.05, 0.1) is 49.2 Å². The molecule has 0 aliphatic carbocycles. The number of aromatic nitrogens is 2. The number of rotatable bonds is 11. The first kappa shape index (κ1) is 28.0. The highest BCUT2D eigenvalue weighted by atomic mass is 19.1. The molecule has 2 aromatic heterocycles. The van der Waals surface area contributed by atoms with Gasteiger partial charge in [-0.3, -0.25) is 4.98 Å². The lowest BCUT2D eigenvalue weighted by Crippen LogP contribution is -2.51. The SMILES string of the molecule is COc1ccc2nccc(C[C@H](O)[C@@H]3CC[C@@H](NCC=Cc4cc(F)ccc4F)[C@@H](C[C@H](O)CO)O3)c2n1. The average Bonchev–Trinajstić information content (AvgIpc) is 2.93. The number of hydrogen-bond donors (Lipinski definition) is 4. The zero-order valence-corrected chi connectivity index (χ0v) is 21.1. The molecule has 5 atom stereocenters. The highest BCUT2D eigenvalue weighted by Gasteiger charge is 2.35. The number of fused-ring (bicyclic) bond motifs is 1. The van der Waals surface area contributed by atoms with Crippen molar-refractivity contribution in [1.29, 1.82) is 0 Å². The molecule has 4 N–H and O–H groups in total. The first-order chi connectivity index (χ1) is 18.4. The predicted octanol–water partition coefficient (Wildman–Crippen LogP) is 2.78. The Morgan fingerprint density at radius 1 is 1.18 bits per heavy atom. The van der Waals surface area contributed by atoms with Gasteiger partial charge in [0.15, 0.2) is 0 Å². The number of pyridine rings is 2. The minimum absolute atomic E-state index is 0.151. The van der Waals surface area contributed by atoms with Crippen LogP contribution in [0.4, 0.5) is 8.78 Å². The Labute approximate surface area is 220 Å². The minimum Gasteiger partial charge on any atom is -0.481 e. The molecule has 204 valence electrons. The lowest BCUT2D eigenvalue weighted by Gasteiger charge is -2.39. The molecule has 0 spiro atoms. The van der Waals surface area contributed by atoms with E-state index in [1.807, 2.05) is 12.1 Å². The molecule has 1 fully saturated rings. The summed E-state index contributed by atoms with van der Waals surface area (Å²) < 4.78 is 38.7. The Kier molecular flexibility index (Phi) is 9.70. The largest absolute Gasteiger partial charge is 0.481 e. The van der Waals surface area contributed by atoms with Crippen LogP contribution in [0.25, 0.3) is 17.1 Å². The number of nitrogens with zero attached hydrogens (tertiary/aromatic N) is 2. The van der Waals surface area contributed by atoms with Crippen molar-refractivity contribution in [3.63, 3.8) is 0 Å². The molecule has 1 aliphatic rings. The van der Waals surface area contributed by atoms with Gasteiger partial charge < -0.3 is 30.1 Å². The van der Waals surface area contributed by atoms with Crippen LogP contribution in [0.5, 0.6) is 5.88 Å². The molecule has 0 bridgehead atoms. The molecule has 3 heterocycles. The van der Waals surface area contributed by atoms with E-state index in [0.717, 1.165) is 23.8 Å². The summed E-state index contributed by atoms with van der Waals surface area (Å²) >= 11 is 0. The maximum atomic E-state index is 13.8. The van der Waals surface area contributed by atoms with Crippen LogP contribution in [0.2, 0.25) is 0 Å². The first-order valence-corrected chi connectivity index (χ1v) is 12.6. The van der Waals surface area contributed by atoms with Crippen molar-refractivity contribution in [1.82, 2.24) is 15.3 Å². The van der Waals surface area contributed by atoms with Crippen LogP contribution in [0.15, 0.2) is 48.7 Å². The Morgan fingerprint density at radius 2 is 2.03 bits per heavy atom. The van der Waals surface area contributed by atoms with Gasteiger partial charge in [-0.2, -0.15) is 0 Å². The van der Waals surface area contributed by atoms with Crippen LogP contribution < -0.4 is 10.1 Å². The summed E-state index contributed by atoms with van der Waals surface area (Å²) in [5, 5.41) is 33.9. The van der Waals surface area contributed by atoms with Crippen molar-refractivity contribution in [3.05, 3.63) is 71.4 Å². The lowest BCUT2D eigenvalue weighted by atomic mass is 9.91. The van der Waals surface area contributed by atoms with Gasteiger partial charge in [-0.1, -0.05) is 12.2 Å². The number of hydrogen-bond acceptors (Lipinski definition) is 8. The molecule has 4 rings (SSSR count). The van der Waals surface area contributed by atoms with E-state index in [1.54, 1.807) is 18.3 Å². The van der Waals surface area contributed by atoms with Crippen LogP contribution in [0, 0.1) is 11.6 Å². The van der Waals surface area contributed by atoms with E-state index in [1.165, 1.54) is 13.2 Å². The number of nitrogens with one attached hydrogen (secondary N) is 1. The Balaban J connectivity index is 1.40. The second kappa shape index (κ2) is 13.2. The van der Waals surface area contributed by atoms with Crippen molar-refractivity contribution in [2.24, 2.45) is 0 Å². The molecule has 1 aliphatic heterocycles. The number of aliphatic hydroxyl groups excluding tert-OH is 3. The van der Waals surface area contributed by atoms with Crippen LogP contribution in [0.1, 0.15) is 30.4 Å². The summed E-state index contributed by atoms with van der Waals surface area (Å²) in [6.07, 6.45) is 3.77. The van der Waals surface area contributed by atoms with Crippen LogP contribution in [0.3, 0.4) is 0 Å². The van der Waals surface area contributed by atoms with E-state index in [9.17, 15) is 24.1 Å². The van der Waals surface area contributed by atoms with E-state index in [0.29, 0.717) is 42.7 Å². The second-order valence-electron chi connectivity index (χ2n) is 9.41. The zero-order chi connectivity index (χ0) is 27.1. The summed E-state index contributed by atoms with van der Waals surface area (Å²) in [5.41, 5.74) is 2.30. The van der Waals surface area contributed by atoms with Crippen molar-refractivity contribution >= 4 is 17.1 Å². The molecule has 10 heteroatoms. The Bertz CT molecular complexity index is 1240. The quantitative estimate of drug-likeness (QED) is 0.300. The molecule has 0 radical (unpaired) electrons. The predicted molar refractivity (Wildman–Crippen MR) is 139 cm³/mol. The molecule has 0 unspecified atom stereocenters. The van der Waals surface area contributed by atoms with Gasteiger partial charge in [0.1, 0.15) is 11.6 Å². The number of benzene rings is 1. The molecule has 3 aromatic rings. The topological polar surface area (TPSA) is 117 Å². The van der Waals surface area contributed by atoms with Gasteiger partial charge in [-0.25, -0.2) is 13.8 Å². The minimum atomic E-state index is -0.974. The van der Waals surface area contributed by atoms with Crippen molar-refractivity contribution < 1.29 is 33.6 Å². The summed E-state index contributed by atoms with van der Waals surface area (Å²) in [4.78, 5) is 8.81. The Morgan fingerprint density at radius 3 is 2.82 bits per heavy atom. The third-order valence-corrected chi connectivity index (χ3v) is 6.74. The van der Waals surface area contributed by atoms with Crippen molar-refractivity contribution in [2.75, 3.05) is 20.3 Å². The monoisotopic (exact) mass is 529 g/mol. The first-order valence-electron chi connectivity index (χ1n) is 12.6. The van der Waals surface area contributed by atoms with Crippen molar-refractivity contribution in [2.45, 2.75) is 56.1 Å². The molecule has 1 saturated heterocycles. The molecule has 0 saturated carbocycles. The molecule has 1 aromatic carbocycles. The lowest BCUT2D eigenvalue weighted by molar-refractivity contribution is -0.130. The van der Waals surface area contributed by atoms with Crippen molar-refractivity contribution in [3.8, 4) is 5.88 Å². The number of aliphatic hydroxyl groups is 3. The van der Waals surface area contributed by atoms with E-state index in [4.69, 9.17) is 9.47 Å². The number of methoxy groups -OCH3 is 1. The summed E-state index contributed by atoms with van der Waals surface area (Å²) in [6.45, 7) is -0.0471. The average molecular weight is 530 g/mol. The fraction of sp³-hybridized carbons (Fsp3) is 0.429. The van der Waals surface area contributed by atoms with E-state index in [2.05, 4.69) is 15.3 Å². The summed E-state index contributed by atoms with van der Waals surface area (Å²) in [6, 6.07) is 8.45. The Hall–Kier alpha value is -3.02. The fourth-order valence-corrected chi connectivity index (χ4v) is 4.74. The van der Waals surface area contributed by atoms with Gasteiger partial charge in [-0.05, 0) is 48.7 Å². The summed E-state index contributed by atoms with van der Waals surface area (Å²) in [7, 11) is 1.54. The van der Waals surface area contributed by atoms with E-state index < -0.39 is 42.7 Å². The van der Waals surface area contributed by atoms with Gasteiger partial charge >= 0.3 is 0 Å². The molecule has 0 amide bonds. The standard InChI is InChI=1S/C28H33F2N3O5/c1-37-27-9-7-23-28(33-27)18(10-12-32-23)14-24(36)25-8-6-22(26(38-25)15-20(35)16-34)31-11-2-3-17-13-19(29)4-5-21(17)30/h2-5,7,9-10,12-13,20,22,24-26,31,34-36H,6,8,11,14-16H2,1H3/t20-,22+,24-,25-,26+/m0/s1. The van der Waals surface area contributed by atoms with E-state index >= 15 is 0 Å². The van der Waals surface area contributed by atoms with Gasteiger partial charge in [0.2, 0.25) is 5.88 Å². The van der Waals surface area contributed by atoms with Gasteiger partial charge in [0, 0.05) is 43.3 Å². The normalized spacial score (nSPS) is 21.6.